The van der Waals surface area contributed by atoms with Crippen LogP contribution in [0.1, 0.15) is 19.8 Å². The van der Waals surface area contributed by atoms with E-state index in [4.69, 9.17) is 11.6 Å². The van der Waals surface area contributed by atoms with Crippen LogP contribution in [0.2, 0.25) is 5.02 Å². The first kappa shape index (κ1) is 14.2. The highest BCUT2D eigenvalue weighted by atomic mass is 79.9. The van der Waals surface area contributed by atoms with E-state index in [1.54, 1.807) is 0 Å². The van der Waals surface area contributed by atoms with E-state index in [1.807, 2.05) is 18.2 Å². The Morgan fingerprint density at radius 3 is 3.11 bits per heavy atom. The molecule has 0 saturated carbocycles. The Morgan fingerprint density at radius 1 is 1.50 bits per heavy atom. The Labute approximate surface area is 123 Å². The van der Waals surface area contributed by atoms with Gasteiger partial charge in [0, 0.05) is 22.6 Å². The molecule has 2 rings (SSSR count). The van der Waals surface area contributed by atoms with E-state index in [2.05, 4.69) is 33.1 Å². The number of benzene rings is 1. The van der Waals surface area contributed by atoms with Crippen molar-refractivity contribution in [3.05, 3.63) is 27.7 Å². The Kier molecular flexibility index (Phi) is 5.34. The molecule has 1 aromatic carbocycles. The maximum atomic E-state index is 6.07. The van der Waals surface area contributed by atoms with Crippen LogP contribution in [-0.2, 0) is 0 Å². The van der Waals surface area contributed by atoms with Crippen molar-refractivity contribution in [1.29, 1.82) is 0 Å². The third kappa shape index (κ3) is 3.62. The van der Waals surface area contributed by atoms with Crippen LogP contribution in [-0.4, -0.2) is 26.2 Å². The topological polar surface area (TPSA) is 15.3 Å². The van der Waals surface area contributed by atoms with Gasteiger partial charge in [0.2, 0.25) is 0 Å². The summed E-state index contributed by atoms with van der Waals surface area (Å²) in [6.07, 6.45) is 2.46. The Hall–Kier alpha value is -0.250. The van der Waals surface area contributed by atoms with Crippen molar-refractivity contribution in [2.24, 2.45) is 5.92 Å². The average molecular weight is 332 g/mol. The van der Waals surface area contributed by atoms with Crippen LogP contribution in [0.25, 0.3) is 0 Å². The first-order chi connectivity index (χ1) is 8.70. The molecule has 4 heteroatoms. The van der Waals surface area contributed by atoms with Crippen LogP contribution in [0.3, 0.4) is 0 Å². The fraction of sp³-hybridized carbons (Fsp3) is 0.571. The van der Waals surface area contributed by atoms with E-state index in [9.17, 15) is 0 Å². The zero-order chi connectivity index (χ0) is 13.0. The summed E-state index contributed by atoms with van der Waals surface area (Å²) in [6, 6.07) is 6.00. The van der Waals surface area contributed by atoms with Gasteiger partial charge in [-0.1, -0.05) is 18.5 Å². The van der Waals surface area contributed by atoms with Gasteiger partial charge in [-0.2, -0.15) is 0 Å². The number of nitrogens with zero attached hydrogens (tertiary/aromatic N) is 1. The smallest absolute Gasteiger partial charge is 0.0525 e. The molecule has 1 heterocycles. The summed E-state index contributed by atoms with van der Waals surface area (Å²) >= 11 is 9.68. The molecule has 0 bridgehead atoms. The predicted octanol–water partition coefficient (Wildman–Crippen LogP) is 3.93. The van der Waals surface area contributed by atoms with Crippen molar-refractivity contribution in [1.82, 2.24) is 5.32 Å². The van der Waals surface area contributed by atoms with Crippen molar-refractivity contribution in [2.75, 3.05) is 31.1 Å². The van der Waals surface area contributed by atoms with Gasteiger partial charge in [-0.25, -0.2) is 0 Å². The van der Waals surface area contributed by atoms with Crippen LogP contribution in [0.15, 0.2) is 22.7 Å². The lowest BCUT2D eigenvalue weighted by Crippen LogP contribution is -2.27. The third-order valence-electron chi connectivity index (χ3n) is 3.39. The van der Waals surface area contributed by atoms with E-state index in [0.29, 0.717) is 0 Å². The molecule has 1 aliphatic rings. The lowest BCUT2D eigenvalue weighted by molar-refractivity contribution is 0.516. The van der Waals surface area contributed by atoms with Gasteiger partial charge < -0.3 is 10.2 Å². The summed E-state index contributed by atoms with van der Waals surface area (Å²) < 4.78 is 1.13. The van der Waals surface area contributed by atoms with Gasteiger partial charge in [-0.15, -0.1) is 0 Å². The summed E-state index contributed by atoms with van der Waals surface area (Å²) in [7, 11) is 0. The Balaban J connectivity index is 1.93. The molecule has 1 N–H and O–H groups in total. The number of rotatable bonds is 5. The minimum absolute atomic E-state index is 0.752. The number of hydrogen-bond acceptors (Lipinski definition) is 2. The van der Waals surface area contributed by atoms with Crippen LogP contribution in [0.5, 0.6) is 0 Å². The fourth-order valence-corrected chi connectivity index (χ4v) is 3.09. The molecular formula is C14H20BrClN2. The standard InChI is InChI=1S/C14H20BrClN2/c1-2-6-17-9-11-5-7-18(10-11)14-8-12(16)3-4-13(14)15/h3-4,8,11,17H,2,5-7,9-10H2,1H3. The molecule has 0 spiro atoms. The number of halogens is 2. The van der Waals surface area contributed by atoms with Gasteiger partial charge in [0.05, 0.1) is 5.69 Å². The van der Waals surface area contributed by atoms with Gasteiger partial charge in [0.25, 0.3) is 0 Å². The molecule has 1 saturated heterocycles. The minimum atomic E-state index is 0.752. The van der Waals surface area contributed by atoms with Crippen molar-refractivity contribution >= 4 is 33.2 Å². The number of hydrogen-bond donors (Lipinski definition) is 1. The van der Waals surface area contributed by atoms with Crippen LogP contribution >= 0.6 is 27.5 Å². The van der Waals surface area contributed by atoms with Crippen LogP contribution < -0.4 is 10.2 Å². The van der Waals surface area contributed by atoms with Gasteiger partial charge >= 0.3 is 0 Å². The zero-order valence-corrected chi connectivity index (χ0v) is 13.1. The molecule has 18 heavy (non-hydrogen) atoms. The minimum Gasteiger partial charge on any atom is -0.370 e. The lowest BCUT2D eigenvalue weighted by atomic mass is 10.1. The van der Waals surface area contributed by atoms with E-state index >= 15 is 0 Å². The first-order valence-corrected chi connectivity index (χ1v) is 7.78. The molecule has 1 atom stereocenters. The van der Waals surface area contributed by atoms with Gasteiger partial charge in [-0.3, -0.25) is 0 Å². The van der Waals surface area contributed by atoms with Crippen molar-refractivity contribution in [3.63, 3.8) is 0 Å². The van der Waals surface area contributed by atoms with Crippen molar-refractivity contribution in [3.8, 4) is 0 Å². The van der Waals surface area contributed by atoms with Gasteiger partial charge in [-0.05, 0) is 66.0 Å². The number of anilines is 1. The maximum absolute atomic E-state index is 6.07. The second kappa shape index (κ2) is 6.78. The molecule has 2 nitrogen and oxygen atoms in total. The molecule has 1 aliphatic heterocycles. The first-order valence-electron chi connectivity index (χ1n) is 6.61. The molecule has 0 aromatic heterocycles. The summed E-state index contributed by atoms with van der Waals surface area (Å²) in [5.41, 5.74) is 1.22. The van der Waals surface area contributed by atoms with Crippen molar-refractivity contribution < 1.29 is 0 Å². The molecule has 1 fully saturated rings. The largest absolute Gasteiger partial charge is 0.370 e. The molecule has 1 unspecified atom stereocenters. The highest BCUT2D eigenvalue weighted by Gasteiger charge is 2.23. The van der Waals surface area contributed by atoms with Crippen LogP contribution in [0.4, 0.5) is 5.69 Å². The molecule has 100 valence electrons. The Bertz CT molecular complexity index is 397. The van der Waals surface area contributed by atoms with Gasteiger partial charge in [0.1, 0.15) is 0 Å². The summed E-state index contributed by atoms with van der Waals surface area (Å²) in [5.74, 6) is 0.752. The van der Waals surface area contributed by atoms with E-state index in [1.165, 1.54) is 18.5 Å². The average Bonchev–Trinajstić information content (AvgIpc) is 2.81. The third-order valence-corrected chi connectivity index (χ3v) is 4.30. The normalized spacial score (nSPS) is 19.5. The second-order valence-corrected chi connectivity index (χ2v) is 6.19. The monoisotopic (exact) mass is 330 g/mol. The van der Waals surface area contributed by atoms with Crippen LogP contribution in [0, 0.1) is 5.92 Å². The zero-order valence-electron chi connectivity index (χ0n) is 10.8. The maximum Gasteiger partial charge on any atom is 0.0525 e. The van der Waals surface area contributed by atoms with Crippen molar-refractivity contribution in [2.45, 2.75) is 19.8 Å². The summed E-state index contributed by atoms with van der Waals surface area (Å²) in [4.78, 5) is 2.42. The highest BCUT2D eigenvalue weighted by molar-refractivity contribution is 9.10. The van der Waals surface area contributed by atoms with E-state index in [0.717, 1.165) is 41.6 Å². The predicted molar refractivity (Wildman–Crippen MR) is 82.6 cm³/mol. The molecule has 1 aromatic rings. The summed E-state index contributed by atoms with van der Waals surface area (Å²) in [5, 5.41) is 4.32. The second-order valence-electron chi connectivity index (χ2n) is 4.90. The lowest BCUT2D eigenvalue weighted by Gasteiger charge is -2.20. The quantitative estimate of drug-likeness (QED) is 0.823. The summed E-state index contributed by atoms with van der Waals surface area (Å²) in [6.45, 7) is 6.70. The number of nitrogens with one attached hydrogen (secondary N) is 1. The molecule has 0 amide bonds. The highest BCUT2D eigenvalue weighted by Crippen LogP contribution is 2.32. The fourth-order valence-electron chi connectivity index (χ4n) is 2.43. The molecule has 0 radical (unpaired) electrons. The van der Waals surface area contributed by atoms with Gasteiger partial charge in [0.15, 0.2) is 0 Å². The SMILES string of the molecule is CCCNCC1CCN(c2cc(Cl)ccc2Br)C1. The van der Waals surface area contributed by atoms with E-state index in [-0.39, 0.29) is 0 Å². The molecular weight excluding hydrogens is 312 g/mol. The molecule has 0 aliphatic carbocycles. The Morgan fingerprint density at radius 2 is 2.33 bits per heavy atom. The van der Waals surface area contributed by atoms with E-state index < -0.39 is 0 Å².